The molecule has 7 heteroatoms. The molecule has 136 valence electrons. The number of nitrogens with one attached hydrogen (secondary N) is 1. The molecule has 0 fully saturated rings. The van der Waals surface area contributed by atoms with Gasteiger partial charge < -0.3 is 10.1 Å². The highest BCUT2D eigenvalue weighted by Gasteiger charge is 2.30. The average molecular weight is 378 g/mol. The van der Waals surface area contributed by atoms with Gasteiger partial charge in [0.1, 0.15) is 15.8 Å². The summed E-state index contributed by atoms with van der Waals surface area (Å²) in [4.78, 5) is 4.47. The van der Waals surface area contributed by atoms with Gasteiger partial charge in [-0.15, -0.1) is 0 Å². The van der Waals surface area contributed by atoms with E-state index in [-0.39, 0.29) is 0 Å². The molecule has 0 amide bonds. The second kappa shape index (κ2) is 7.37. The molecule has 1 aromatic heterocycles. The van der Waals surface area contributed by atoms with Crippen molar-refractivity contribution in [1.29, 1.82) is 0 Å². The zero-order valence-corrected chi connectivity index (χ0v) is 15.0. The van der Waals surface area contributed by atoms with E-state index in [0.29, 0.717) is 17.1 Å². The summed E-state index contributed by atoms with van der Waals surface area (Å²) in [5.41, 5.74) is 1.92. The van der Waals surface area contributed by atoms with Crippen molar-refractivity contribution in [3.8, 4) is 16.3 Å². The highest BCUT2D eigenvalue weighted by molar-refractivity contribution is 7.19. The van der Waals surface area contributed by atoms with Crippen LogP contribution in [0.2, 0.25) is 0 Å². The smallest absolute Gasteiger partial charge is 0.416 e. The summed E-state index contributed by atoms with van der Waals surface area (Å²) in [6, 6.07) is 12.8. The Bertz CT molecular complexity index is 871. The Hall–Kier alpha value is -2.54. The van der Waals surface area contributed by atoms with Crippen molar-refractivity contribution in [1.82, 2.24) is 4.98 Å². The molecule has 26 heavy (non-hydrogen) atoms. The molecule has 0 spiro atoms. The summed E-state index contributed by atoms with van der Waals surface area (Å²) >= 11 is 1.42. The topological polar surface area (TPSA) is 34.1 Å². The van der Waals surface area contributed by atoms with Crippen LogP contribution in [-0.2, 0) is 12.7 Å². The molecular weight excluding hydrogens is 361 g/mol. The Morgan fingerprint density at radius 3 is 2.27 bits per heavy atom. The first-order chi connectivity index (χ1) is 12.4. The third-order valence-corrected chi connectivity index (χ3v) is 5.03. The largest absolute Gasteiger partial charge is 0.497 e. The molecule has 0 unspecified atom stereocenters. The van der Waals surface area contributed by atoms with Crippen LogP contribution < -0.4 is 10.1 Å². The van der Waals surface area contributed by atoms with E-state index in [9.17, 15) is 13.2 Å². The number of ether oxygens (including phenoxy) is 1. The van der Waals surface area contributed by atoms with E-state index >= 15 is 0 Å². The standard InChI is InChI=1S/C19H17F3N2OS/c1-12-17(23-11-13-3-9-16(25-2)10-4-13)26-18(24-12)14-5-7-15(8-6-14)19(20,21)22/h3-10,23H,11H2,1-2H3. The van der Waals surface area contributed by atoms with Gasteiger partial charge in [0.15, 0.2) is 0 Å². The van der Waals surface area contributed by atoms with Gasteiger partial charge in [-0.1, -0.05) is 35.6 Å². The van der Waals surface area contributed by atoms with Gasteiger partial charge in [0, 0.05) is 12.1 Å². The summed E-state index contributed by atoms with van der Waals surface area (Å²) in [6.45, 7) is 2.50. The van der Waals surface area contributed by atoms with Crippen molar-refractivity contribution in [2.45, 2.75) is 19.6 Å². The minimum atomic E-state index is -4.33. The lowest BCUT2D eigenvalue weighted by Crippen LogP contribution is -2.03. The highest BCUT2D eigenvalue weighted by Crippen LogP contribution is 2.34. The minimum Gasteiger partial charge on any atom is -0.497 e. The van der Waals surface area contributed by atoms with E-state index < -0.39 is 11.7 Å². The predicted octanol–water partition coefficient (Wildman–Crippen LogP) is 5.76. The van der Waals surface area contributed by atoms with Crippen molar-refractivity contribution in [2.75, 3.05) is 12.4 Å². The molecule has 0 saturated carbocycles. The van der Waals surface area contributed by atoms with E-state index in [1.165, 1.54) is 23.5 Å². The quantitative estimate of drug-likeness (QED) is 0.613. The Labute approximate surface area is 153 Å². The van der Waals surface area contributed by atoms with Crippen LogP contribution in [0, 0.1) is 6.92 Å². The molecule has 0 bridgehead atoms. The predicted molar refractivity (Wildman–Crippen MR) is 97.6 cm³/mol. The van der Waals surface area contributed by atoms with E-state index in [1.54, 1.807) is 7.11 Å². The van der Waals surface area contributed by atoms with E-state index in [1.807, 2.05) is 31.2 Å². The van der Waals surface area contributed by atoms with Crippen LogP contribution in [0.15, 0.2) is 48.5 Å². The number of alkyl halides is 3. The maximum absolute atomic E-state index is 12.7. The summed E-state index contributed by atoms with van der Waals surface area (Å²) in [5, 5.41) is 4.91. The van der Waals surface area contributed by atoms with Gasteiger partial charge in [0.25, 0.3) is 0 Å². The molecule has 3 aromatic rings. The molecule has 0 atom stereocenters. The molecule has 0 aliphatic rings. The summed E-state index contributed by atoms with van der Waals surface area (Å²) in [7, 11) is 1.62. The molecule has 1 heterocycles. The first-order valence-corrected chi connectivity index (χ1v) is 8.70. The normalized spacial score (nSPS) is 11.4. The molecule has 2 aromatic carbocycles. The number of aromatic nitrogens is 1. The maximum Gasteiger partial charge on any atom is 0.416 e. The SMILES string of the molecule is COc1ccc(CNc2sc(-c3ccc(C(F)(F)F)cc3)nc2C)cc1. The van der Waals surface area contributed by atoms with Gasteiger partial charge in [-0.05, 0) is 36.8 Å². The number of methoxy groups -OCH3 is 1. The van der Waals surface area contributed by atoms with Gasteiger partial charge >= 0.3 is 6.18 Å². The number of rotatable bonds is 5. The van der Waals surface area contributed by atoms with Crippen LogP contribution in [0.5, 0.6) is 5.75 Å². The highest BCUT2D eigenvalue weighted by atomic mass is 32.1. The fourth-order valence-electron chi connectivity index (χ4n) is 2.41. The average Bonchev–Trinajstić information content (AvgIpc) is 3.00. The Morgan fingerprint density at radius 2 is 1.69 bits per heavy atom. The van der Waals surface area contributed by atoms with E-state index in [0.717, 1.165) is 34.1 Å². The Balaban J connectivity index is 1.72. The van der Waals surface area contributed by atoms with Crippen LogP contribution in [0.1, 0.15) is 16.8 Å². The molecule has 0 aliphatic carbocycles. The fourth-order valence-corrected chi connectivity index (χ4v) is 3.38. The number of nitrogens with zero attached hydrogens (tertiary/aromatic N) is 1. The third kappa shape index (κ3) is 4.16. The summed E-state index contributed by atoms with van der Waals surface area (Å²) in [5.74, 6) is 0.798. The van der Waals surface area contributed by atoms with Crippen molar-refractivity contribution in [3.05, 3.63) is 65.4 Å². The zero-order valence-electron chi connectivity index (χ0n) is 14.2. The summed E-state index contributed by atoms with van der Waals surface area (Å²) in [6.07, 6.45) is -4.33. The number of benzene rings is 2. The number of hydrogen-bond donors (Lipinski definition) is 1. The summed E-state index contributed by atoms with van der Waals surface area (Å²) < 4.78 is 43.1. The minimum absolute atomic E-state index is 0.624. The van der Waals surface area contributed by atoms with Gasteiger partial charge in [-0.2, -0.15) is 13.2 Å². The van der Waals surface area contributed by atoms with Gasteiger partial charge in [-0.25, -0.2) is 4.98 Å². The number of thiazole rings is 1. The van der Waals surface area contributed by atoms with Crippen molar-refractivity contribution in [3.63, 3.8) is 0 Å². The van der Waals surface area contributed by atoms with Gasteiger partial charge in [0.05, 0.1) is 18.4 Å². The van der Waals surface area contributed by atoms with Gasteiger partial charge in [0.2, 0.25) is 0 Å². The monoisotopic (exact) mass is 378 g/mol. The molecular formula is C19H17F3N2OS. The molecule has 3 nitrogen and oxygen atoms in total. The van der Waals surface area contributed by atoms with Crippen LogP contribution in [0.4, 0.5) is 18.2 Å². The van der Waals surface area contributed by atoms with Crippen molar-refractivity contribution >= 4 is 16.3 Å². The molecule has 1 N–H and O–H groups in total. The van der Waals surface area contributed by atoms with Crippen LogP contribution in [-0.4, -0.2) is 12.1 Å². The van der Waals surface area contributed by atoms with E-state index in [2.05, 4.69) is 10.3 Å². The molecule has 0 saturated heterocycles. The number of anilines is 1. The lowest BCUT2D eigenvalue weighted by atomic mass is 10.1. The number of halogens is 3. The van der Waals surface area contributed by atoms with Crippen LogP contribution in [0.3, 0.4) is 0 Å². The van der Waals surface area contributed by atoms with Crippen LogP contribution in [0.25, 0.3) is 10.6 Å². The maximum atomic E-state index is 12.7. The van der Waals surface area contributed by atoms with Gasteiger partial charge in [-0.3, -0.25) is 0 Å². The number of aryl methyl sites for hydroxylation is 1. The Kier molecular flexibility index (Phi) is 5.18. The lowest BCUT2D eigenvalue weighted by Gasteiger charge is -2.06. The number of hydrogen-bond acceptors (Lipinski definition) is 4. The molecule has 0 aliphatic heterocycles. The fraction of sp³-hybridized carbons (Fsp3) is 0.211. The third-order valence-electron chi connectivity index (χ3n) is 3.87. The Morgan fingerprint density at radius 1 is 1.04 bits per heavy atom. The second-order valence-electron chi connectivity index (χ2n) is 5.71. The van der Waals surface area contributed by atoms with Crippen molar-refractivity contribution in [2.24, 2.45) is 0 Å². The lowest BCUT2D eigenvalue weighted by molar-refractivity contribution is -0.137. The molecule has 3 rings (SSSR count). The first kappa shape index (κ1) is 18.3. The zero-order chi connectivity index (χ0) is 18.7. The van der Waals surface area contributed by atoms with E-state index in [4.69, 9.17) is 4.74 Å². The second-order valence-corrected chi connectivity index (χ2v) is 6.71. The first-order valence-electron chi connectivity index (χ1n) is 7.88. The molecule has 0 radical (unpaired) electrons. The van der Waals surface area contributed by atoms with Crippen LogP contribution >= 0.6 is 11.3 Å². The van der Waals surface area contributed by atoms with Crippen molar-refractivity contribution < 1.29 is 17.9 Å².